The molecule has 1 N–H and O–H groups in total. The van der Waals surface area contributed by atoms with Crippen LogP contribution in [0.5, 0.6) is 5.75 Å². The summed E-state index contributed by atoms with van der Waals surface area (Å²) >= 11 is 0. The largest absolute Gasteiger partial charge is 0.493 e. The zero-order valence-corrected chi connectivity index (χ0v) is 11.0. The number of aliphatic hydroxyl groups excluding tert-OH is 1. The molecule has 1 heterocycles. The van der Waals surface area contributed by atoms with Crippen LogP contribution in [0, 0.1) is 5.82 Å². The fourth-order valence-corrected chi connectivity index (χ4v) is 2.04. The zero-order chi connectivity index (χ0) is 13.8. The molecular weight excluding hydrogens is 247 g/mol. The average Bonchev–Trinajstić information content (AvgIpc) is 2.82. The van der Waals surface area contributed by atoms with E-state index >= 15 is 0 Å². The third-order valence-electron chi connectivity index (χ3n) is 2.96. The summed E-state index contributed by atoms with van der Waals surface area (Å²) in [4.78, 5) is 0. The Labute approximate surface area is 111 Å². The molecule has 4 nitrogen and oxygen atoms in total. The van der Waals surface area contributed by atoms with Gasteiger partial charge in [-0.05, 0) is 12.5 Å². The Hall–Kier alpha value is -1.88. The predicted molar refractivity (Wildman–Crippen MR) is 69.5 cm³/mol. The number of hydrogen-bond donors (Lipinski definition) is 1. The van der Waals surface area contributed by atoms with E-state index in [1.807, 2.05) is 6.92 Å². The molecule has 2 aromatic rings. The summed E-state index contributed by atoms with van der Waals surface area (Å²) in [6.45, 7) is 2.65. The second-order valence-corrected chi connectivity index (χ2v) is 4.25. The third kappa shape index (κ3) is 2.61. The van der Waals surface area contributed by atoms with Gasteiger partial charge in [0.2, 0.25) is 0 Å². The smallest absolute Gasteiger partial charge is 0.163 e. The second-order valence-electron chi connectivity index (χ2n) is 4.25. The topological polar surface area (TPSA) is 47.3 Å². The molecule has 1 unspecified atom stereocenters. The van der Waals surface area contributed by atoms with Crippen LogP contribution in [0.4, 0.5) is 4.39 Å². The highest BCUT2D eigenvalue weighted by Crippen LogP contribution is 2.31. The van der Waals surface area contributed by atoms with Gasteiger partial charge < -0.3 is 9.84 Å². The first kappa shape index (κ1) is 13.5. The summed E-state index contributed by atoms with van der Waals surface area (Å²) in [5.41, 5.74) is 0.702. The molecule has 0 fully saturated rings. The van der Waals surface area contributed by atoms with Crippen LogP contribution in [0.3, 0.4) is 0 Å². The first-order valence-electron chi connectivity index (χ1n) is 6.21. The summed E-state index contributed by atoms with van der Waals surface area (Å²) in [5.74, 6) is 0.0190. The number of halogens is 1. The fraction of sp³-hybridized carbons (Fsp3) is 0.357. The van der Waals surface area contributed by atoms with Gasteiger partial charge in [0.15, 0.2) is 5.75 Å². The van der Waals surface area contributed by atoms with E-state index in [0.29, 0.717) is 18.0 Å². The lowest BCUT2D eigenvalue weighted by molar-refractivity contribution is 0.197. The van der Waals surface area contributed by atoms with Crippen molar-refractivity contribution in [2.24, 2.45) is 0 Å². The van der Waals surface area contributed by atoms with E-state index in [2.05, 4.69) is 5.10 Å². The average molecular weight is 264 g/mol. The van der Waals surface area contributed by atoms with Crippen LogP contribution in [-0.2, 0) is 6.54 Å². The van der Waals surface area contributed by atoms with Gasteiger partial charge in [0.1, 0.15) is 17.6 Å². The van der Waals surface area contributed by atoms with Crippen LogP contribution in [-0.4, -0.2) is 22.0 Å². The number of aryl methyl sites for hydroxylation is 1. The minimum absolute atomic E-state index is 0.221. The molecule has 102 valence electrons. The summed E-state index contributed by atoms with van der Waals surface area (Å²) < 4.78 is 20.6. The van der Waals surface area contributed by atoms with E-state index in [4.69, 9.17) is 4.74 Å². The summed E-state index contributed by atoms with van der Waals surface area (Å²) in [6.07, 6.45) is 1.31. The summed E-state index contributed by atoms with van der Waals surface area (Å²) in [6, 6.07) is 6.16. The molecule has 1 atom stereocenters. The first-order chi connectivity index (χ1) is 9.19. The van der Waals surface area contributed by atoms with Crippen LogP contribution in [0.25, 0.3) is 0 Å². The number of ether oxygens (including phenoxy) is 1. The molecule has 0 aliphatic rings. The molecule has 5 heteroatoms. The second kappa shape index (κ2) is 5.84. The lowest BCUT2D eigenvalue weighted by Crippen LogP contribution is -2.12. The molecule has 2 rings (SSSR count). The minimum atomic E-state index is -1.09. The van der Waals surface area contributed by atoms with E-state index in [-0.39, 0.29) is 5.56 Å². The van der Waals surface area contributed by atoms with Crippen molar-refractivity contribution in [2.75, 3.05) is 7.11 Å². The van der Waals surface area contributed by atoms with Crippen molar-refractivity contribution in [3.8, 4) is 5.75 Å². The SMILES string of the molecule is CCCn1ncc(OC)c1C(O)c1ccccc1F. The maximum atomic E-state index is 13.8. The van der Waals surface area contributed by atoms with Gasteiger partial charge >= 0.3 is 0 Å². The van der Waals surface area contributed by atoms with Crippen LogP contribution in [0.1, 0.15) is 30.7 Å². The van der Waals surface area contributed by atoms with Crippen LogP contribution >= 0.6 is 0 Å². The van der Waals surface area contributed by atoms with Gasteiger partial charge in [-0.2, -0.15) is 5.10 Å². The van der Waals surface area contributed by atoms with Crippen molar-refractivity contribution < 1.29 is 14.2 Å². The Balaban J connectivity index is 2.45. The number of aliphatic hydroxyl groups is 1. The maximum absolute atomic E-state index is 13.8. The van der Waals surface area contributed by atoms with E-state index in [1.165, 1.54) is 19.4 Å². The van der Waals surface area contributed by atoms with Crippen molar-refractivity contribution in [2.45, 2.75) is 26.0 Å². The number of hydrogen-bond acceptors (Lipinski definition) is 3. The van der Waals surface area contributed by atoms with Gasteiger partial charge in [0, 0.05) is 12.1 Å². The van der Waals surface area contributed by atoms with Crippen LogP contribution < -0.4 is 4.74 Å². The molecule has 1 aromatic heterocycles. The minimum Gasteiger partial charge on any atom is -0.493 e. The van der Waals surface area contributed by atoms with Crippen molar-refractivity contribution in [3.05, 3.63) is 47.5 Å². The van der Waals surface area contributed by atoms with Crippen molar-refractivity contribution in [1.82, 2.24) is 9.78 Å². The Bertz CT molecular complexity index is 554. The van der Waals surface area contributed by atoms with E-state index in [9.17, 15) is 9.50 Å². The molecule has 0 aliphatic carbocycles. The molecule has 19 heavy (non-hydrogen) atoms. The molecule has 0 saturated carbocycles. The number of benzene rings is 1. The van der Waals surface area contributed by atoms with Gasteiger partial charge in [-0.1, -0.05) is 25.1 Å². The van der Waals surface area contributed by atoms with Crippen molar-refractivity contribution in [3.63, 3.8) is 0 Å². The highest BCUT2D eigenvalue weighted by molar-refractivity contribution is 5.35. The molecule has 0 bridgehead atoms. The van der Waals surface area contributed by atoms with Gasteiger partial charge in [-0.15, -0.1) is 0 Å². The molecule has 0 saturated heterocycles. The van der Waals surface area contributed by atoms with Gasteiger partial charge in [0.25, 0.3) is 0 Å². The molecule has 0 aliphatic heterocycles. The molecule has 0 amide bonds. The normalized spacial score (nSPS) is 12.4. The number of aromatic nitrogens is 2. The lowest BCUT2D eigenvalue weighted by atomic mass is 10.1. The molecule has 0 radical (unpaired) electrons. The molecule has 0 spiro atoms. The lowest BCUT2D eigenvalue weighted by Gasteiger charge is -2.15. The molecular formula is C14H17FN2O2. The van der Waals surface area contributed by atoms with E-state index < -0.39 is 11.9 Å². The standard InChI is InChI=1S/C14H17FN2O2/c1-3-8-17-13(12(19-2)9-16-17)14(18)10-6-4-5-7-11(10)15/h4-7,9,14,18H,3,8H2,1-2H3. The maximum Gasteiger partial charge on any atom is 0.163 e. The van der Waals surface area contributed by atoms with Crippen LogP contribution in [0.15, 0.2) is 30.5 Å². The Morgan fingerprint density at radius 2 is 2.16 bits per heavy atom. The zero-order valence-electron chi connectivity index (χ0n) is 11.0. The monoisotopic (exact) mass is 264 g/mol. The third-order valence-corrected chi connectivity index (χ3v) is 2.96. The summed E-state index contributed by atoms with van der Waals surface area (Å²) in [7, 11) is 1.50. The number of methoxy groups -OCH3 is 1. The quantitative estimate of drug-likeness (QED) is 0.902. The number of rotatable bonds is 5. The van der Waals surface area contributed by atoms with E-state index in [0.717, 1.165) is 6.42 Å². The fourth-order valence-electron chi connectivity index (χ4n) is 2.04. The Kier molecular flexibility index (Phi) is 4.16. The highest BCUT2D eigenvalue weighted by Gasteiger charge is 2.23. The summed E-state index contributed by atoms with van der Waals surface area (Å²) in [5, 5.41) is 14.6. The Morgan fingerprint density at radius 3 is 2.79 bits per heavy atom. The van der Waals surface area contributed by atoms with Gasteiger partial charge in [-0.25, -0.2) is 4.39 Å². The van der Waals surface area contributed by atoms with Gasteiger partial charge in [0.05, 0.1) is 13.3 Å². The molecule has 1 aromatic carbocycles. The van der Waals surface area contributed by atoms with Crippen molar-refractivity contribution in [1.29, 1.82) is 0 Å². The Morgan fingerprint density at radius 1 is 1.42 bits per heavy atom. The van der Waals surface area contributed by atoms with E-state index in [1.54, 1.807) is 22.9 Å². The number of nitrogens with zero attached hydrogens (tertiary/aromatic N) is 2. The predicted octanol–water partition coefficient (Wildman–Crippen LogP) is 2.52. The first-order valence-corrected chi connectivity index (χ1v) is 6.21. The van der Waals surface area contributed by atoms with Gasteiger partial charge in [-0.3, -0.25) is 4.68 Å². The highest BCUT2D eigenvalue weighted by atomic mass is 19.1. The van der Waals surface area contributed by atoms with Crippen LogP contribution in [0.2, 0.25) is 0 Å². The van der Waals surface area contributed by atoms with Crippen molar-refractivity contribution >= 4 is 0 Å².